The number of halogens is 4. The van der Waals surface area contributed by atoms with Crippen LogP contribution in [0.2, 0.25) is 5.02 Å². The van der Waals surface area contributed by atoms with E-state index in [0.717, 1.165) is 28.4 Å². The molecule has 0 radical (unpaired) electrons. The van der Waals surface area contributed by atoms with Crippen molar-refractivity contribution >= 4 is 34.7 Å². The van der Waals surface area contributed by atoms with Gasteiger partial charge in [0, 0.05) is 4.88 Å². The molecule has 146 valence electrons. The molecule has 1 saturated heterocycles. The van der Waals surface area contributed by atoms with Crippen molar-refractivity contribution in [3.8, 4) is 0 Å². The summed E-state index contributed by atoms with van der Waals surface area (Å²) >= 11 is 7.55. The molecule has 4 nitrogen and oxygen atoms in total. The Balaban J connectivity index is 1.67. The number of carbonyl (C=O) groups is 1. The Morgan fingerprint density at radius 2 is 1.93 bits per heavy atom. The van der Waals surface area contributed by atoms with Gasteiger partial charge >= 0.3 is 6.18 Å². The van der Waals surface area contributed by atoms with Crippen molar-refractivity contribution in [3.05, 3.63) is 44.2 Å². The summed E-state index contributed by atoms with van der Waals surface area (Å²) < 4.78 is 38.3. The minimum absolute atomic E-state index is 0.00458. The molecule has 0 unspecified atom stereocenters. The number of aromatic nitrogens is 1. The number of hydrogen-bond acceptors (Lipinski definition) is 3. The van der Waals surface area contributed by atoms with Crippen LogP contribution in [0.5, 0.6) is 0 Å². The van der Waals surface area contributed by atoms with Crippen molar-refractivity contribution in [1.82, 2.24) is 4.90 Å². The minimum Gasteiger partial charge on any atom is -0.330 e. The molecule has 1 aliphatic rings. The zero-order valence-corrected chi connectivity index (χ0v) is 16.6. The second-order valence-corrected chi connectivity index (χ2v) is 8.07. The molecule has 1 N–H and O–H groups in total. The van der Waals surface area contributed by atoms with E-state index in [1.54, 1.807) is 4.90 Å². The van der Waals surface area contributed by atoms with Gasteiger partial charge in [-0.25, -0.2) is 4.98 Å². The third-order valence-electron chi connectivity index (χ3n) is 4.70. The number of nitrogens with zero attached hydrogens (tertiary/aromatic N) is 2. The number of rotatable bonds is 3. The lowest BCUT2D eigenvalue weighted by Gasteiger charge is -2.31. The molecule has 9 heteroatoms. The normalized spacial score (nSPS) is 15.3. The molecule has 3 heterocycles. The Morgan fingerprint density at radius 3 is 2.44 bits per heavy atom. The van der Waals surface area contributed by atoms with Crippen molar-refractivity contribution in [2.45, 2.75) is 26.4 Å². The maximum atomic E-state index is 12.8. The molecular weight excluding hydrogens is 399 g/mol. The Bertz CT molecular complexity index is 845. The summed E-state index contributed by atoms with van der Waals surface area (Å²) in [5.41, 5.74) is 0.373. The number of nitrogens with one attached hydrogen (secondary N) is 1. The van der Waals surface area contributed by atoms with Crippen LogP contribution in [0.4, 0.5) is 19.0 Å². The van der Waals surface area contributed by atoms with Crippen LogP contribution in [0.3, 0.4) is 0 Å². The molecular formula is C18H20ClF3N3OS+. The molecule has 0 spiro atoms. The van der Waals surface area contributed by atoms with E-state index in [1.165, 1.54) is 16.9 Å². The molecule has 27 heavy (non-hydrogen) atoms. The third kappa shape index (κ3) is 4.21. The fourth-order valence-corrected chi connectivity index (χ4v) is 4.51. The first-order valence-corrected chi connectivity index (χ1v) is 9.82. The number of piperazine rings is 1. The predicted molar refractivity (Wildman–Crippen MR) is 99.6 cm³/mol. The van der Waals surface area contributed by atoms with Gasteiger partial charge in [-0.1, -0.05) is 18.5 Å². The van der Waals surface area contributed by atoms with Gasteiger partial charge < -0.3 is 4.90 Å². The third-order valence-corrected chi connectivity index (χ3v) is 6.06. The smallest absolute Gasteiger partial charge is 0.330 e. The van der Waals surface area contributed by atoms with Gasteiger partial charge in [0.1, 0.15) is 24.3 Å². The lowest BCUT2D eigenvalue weighted by molar-refractivity contribution is -0.367. The van der Waals surface area contributed by atoms with Gasteiger partial charge in [-0.2, -0.15) is 13.2 Å². The summed E-state index contributed by atoms with van der Waals surface area (Å²) in [7, 11) is 0. The highest BCUT2D eigenvalue weighted by Crippen LogP contribution is 2.32. The molecule has 1 amide bonds. The fourth-order valence-electron chi connectivity index (χ4n) is 3.13. The van der Waals surface area contributed by atoms with Gasteiger partial charge in [-0.15, -0.1) is 11.3 Å². The minimum atomic E-state index is -4.44. The van der Waals surface area contributed by atoms with Crippen LogP contribution < -0.4 is 9.88 Å². The summed E-state index contributed by atoms with van der Waals surface area (Å²) in [6, 6.07) is 2.88. The van der Waals surface area contributed by atoms with Crippen molar-refractivity contribution < 1.29 is 22.9 Å². The molecule has 3 rings (SSSR count). The summed E-state index contributed by atoms with van der Waals surface area (Å²) in [4.78, 5) is 20.9. The molecule has 0 aliphatic carbocycles. The molecule has 0 saturated carbocycles. The summed E-state index contributed by atoms with van der Waals surface area (Å²) in [6.07, 6.45) is -2.63. The van der Waals surface area contributed by atoms with Crippen molar-refractivity contribution in [2.75, 3.05) is 31.1 Å². The second-order valence-electron chi connectivity index (χ2n) is 6.41. The SMILES string of the molecule is CCc1cc(C(=O)N2CCN(c3[nH+]cc(C(F)(F)F)cc3Cl)CC2)sc1C. The highest BCUT2D eigenvalue weighted by atomic mass is 35.5. The first-order valence-electron chi connectivity index (χ1n) is 8.62. The van der Waals surface area contributed by atoms with E-state index >= 15 is 0 Å². The summed E-state index contributed by atoms with van der Waals surface area (Å²) in [6.45, 7) is 6.05. The standard InChI is InChI=1S/C18H19ClF3N3OS/c1-3-12-8-15(27-11(12)2)17(26)25-6-4-24(5-7-25)16-14(19)9-13(10-23-16)18(20,21)22/h8-10H,3-7H2,1-2H3/p+1. The zero-order chi connectivity index (χ0) is 19.8. The molecule has 0 atom stereocenters. The van der Waals surface area contributed by atoms with E-state index in [0.29, 0.717) is 32.0 Å². The number of H-pyrrole nitrogens is 1. The van der Waals surface area contributed by atoms with E-state index in [4.69, 9.17) is 11.6 Å². The largest absolute Gasteiger partial charge is 0.419 e. The van der Waals surface area contributed by atoms with E-state index in [-0.39, 0.29) is 10.9 Å². The van der Waals surface area contributed by atoms with E-state index in [2.05, 4.69) is 11.9 Å². The molecule has 1 aliphatic heterocycles. The van der Waals surface area contributed by atoms with Crippen LogP contribution in [-0.4, -0.2) is 37.0 Å². The Morgan fingerprint density at radius 1 is 1.26 bits per heavy atom. The lowest BCUT2D eigenvalue weighted by Crippen LogP contribution is -2.50. The highest BCUT2D eigenvalue weighted by Gasteiger charge is 2.35. The topological polar surface area (TPSA) is 37.7 Å². The van der Waals surface area contributed by atoms with Crippen LogP contribution in [0.15, 0.2) is 18.3 Å². The van der Waals surface area contributed by atoms with Crippen LogP contribution in [0, 0.1) is 6.92 Å². The van der Waals surface area contributed by atoms with Crippen molar-refractivity contribution in [1.29, 1.82) is 0 Å². The van der Waals surface area contributed by atoms with Gasteiger partial charge in [0.25, 0.3) is 11.7 Å². The van der Waals surface area contributed by atoms with Gasteiger partial charge in [0.2, 0.25) is 0 Å². The first kappa shape index (κ1) is 19.9. The van der Waals surface area contributed by atoms with Crippen LogP contribution in [-0.2, 0) is 12.6 Å². The predicted octanol–water partition coefficient (Wildman–Crippen LogP) is 4.07. The number of aryl methyl sites for hydroxylation is 2. The average Bonchev–Trinajstić information content (AvgIpc) is 3.01. The number of amides is 1. The number of hydrogen-bond donors (Lipinski definition) is 0. The maximum absolute atomic E-state index is 12.8. The van der Waals surface area contributed by atoms with E-state index in [1.807, 2.05) is 17.9 Å². The summed E-state index contributed by atoms with van der Waals surface area (Å²) in [5, 5.41) is 0.0195. The molecule has 0 aromatic carbocycles. The fraction of sp³-hybridized carbons (Fsp3) is 0.444. The molecule has 2 aromatic rings. The molecule has 1 fully saturated rings. The maximum Gasteiger partial charge on any atom is 0.419 e. The van der Waals surface area contributed by atoms with Crippen molar-refractivity contribution in [3.63, 3.8) is 0 Å². The monoisotopic (exact) mass is 418 g/mol. The lowest BCUT2D eigenvalue weighted by atomic mass is 10.2. The first-order chi connectivity index (χ1) is 12.7. The van der Waals surface area contributed by atoms with Gasteiger partial charge in [0.05, 0.1) is 23.5 Å². The van der Waals surface area contributed by atoms with Crippen molar-refractivity contribution in [2.24, 2.45) is 0 Å². The van der Waals surface area contributed by atoms with Crippen LogP contribution in [0.25, 0.3) is 0 Å². The second kappa shape index (κ2) is 7.67. The Hall–Kier alpha value is -1.80. The summed E-state index contributed by atoms with van der Waals surface area (Å²) in [5.74, 6) is 0.446. The number of alkyl halides is 3. The molecule has 2 aromatic heterocycles. The quantitative estimate of drug-likeness (QED) is 0.753. The number of pyridine rings is 1. The van der Waals surface area contributed by atoms with E-state index < -0.39 is 11.7 Å². The Kier molecular flexibility index (Phi) is 5.67. The number of thiophene rings is 1. The van der Waals surface area contributed by atoms with Gasteiger partial charge in [0.15, 0.2) is 0 Å². The highest BCUT2D eigenvalue weighted by molar-refractivity contribution is 7.14. The average molecular weight is 419 g/mol. The van der Waals surface area contributed by atoms with Gasteiger partial charge in [-0.05, 0) is 31.0 Å². The van der Waals surface area contributed by atoms with E-state index in [9.17, 15) is 18.0 Å². The molecule has 0 bridgehead atoms. The van der Waals surface area contributed by atoms with Gasteiger partial charge in [-0.3, -0.25) is 9.69 Å². The van der Waals surface area contributed by atoms with Crippen LogP contribution in [0.1, 0.15) is 32.6 Å². The number of anilines is 1. The van der Waals surface area contributed by atoms with Crippen LogP contribution >= 0.6 is 22.9 Å². The zero-order valence-electron chi connectivity index (χ0n) is 15.0. The number of aromatic amines is 1. The Labute approximate surface area is 164 Å². The number of carbonyl (C=O) groups excluding carboxylic acids is 1.